The van der Waals surface area contributed by atoms with Crippen molar-refractivity contribution in [1.82, 2.24) is 0 Å². The lowest BCUT2D eigenvalue weighted by molar-refractivity contribution is 0.730. The second-order valence-corrected chi connectivity index (χ2v) is 21.6. The zero-order chi connectivity index (χ0) is 56.5. The first-order valence-electron chi connectivity index (χ1n) is 29.2. The predicted octanol–water partition coefficient (Wildman–Crippen LogP) is 21.6. The van der Waals surface area contributed by atoms with Gasteiger partial charge >= 0.3 is 0 Å². The van der Waals surface area contributed by atoms with E-state index in [2.05, 4.69) is 371 Å². The van der Waals surface area contributed by atoms with Crippen LogP contribution in [0.1, 0.15) is 44.5 Å². The summed E-state index contributed by atoms with van der Waals surface area (Å²) >= 11 is 0. The average Bonchev–Trinajstić information content (AvgIpc) is 0.741. The van der Waals surface area contributed by atoms with Crippen LogP contribution in [0.15, 0.2) is 352 Å². The highest BCUT2D eigenvalue weighted by molar-refractivity contribution is 6.16. The number of fused-ring (bicyclic) bond motifs is 4. The molecule has 2 aliphatic heterocycles. The van der Waals surface area contributed by atoms with Gasteiger partial charge in [0.1, 0.15) is 0 Å². The van der Waals surface area contributed by atoms with Crippen molar-refractivity contribution >= 4 is 79.4 Å². The Morgan fingerprint density at radius 3 is 0.941 bits per heavy atom. The fourth-order valence-electron chi connectivity index (χ4n) is 13.2. The van der Waals surface area contributed by atoms with Crippen LogP contribution in [-0.4, -0.2) is 0 Å². The Labute approximate surface area is 498 Å². The molecule has 0 N–H and O–H groups in total. The molecule has 0 aliphatic carbocycles. The summed E-state index contributed by atoms with van der Waals surface area (Å²) in [5.41, 5.74) is 23.3. The minimum Gasteiger partial charge on any atom is -0.310 e. The average molecular weight is 1090 g/mol. The number of hydrogen-bond acceptors (Lipinski definition) is 4. The Hall–Kier alpha value is -11.2. The number of benzene rings is 13. The quantitative estimate of drug-likeness (QED) is 0.114. The molecule has 0 radical (unpaired) electrons. The molecule has 0 spiro atoms. The van der Waals surface area contributed by atoms with Crippen molar-refractivity contribution in [2.75, 3.05) is 19.6 Å². The zero-order valence-corrected chi connectivity index (χ0v) is 46.8. The van der Waals surface area contributed by atoms with Crippen molar-refractivity contribution in [2.24, 2.45) is 0 Å². The Morgan fingerprint density at radius 2 is 0.553 bits per heavy atom. The highest BCUT2D eigenvalue weighted by atomic mass is 15.2. The zero-order valence-electron chi connectivity index (χ0n) is 46.8. The van der Waals surface area contributed by atoms with Gasteiger partial charge in [-0.1, -0.05) is 231 Å². The largest absolute Gasteiger partial charge is 0.310 e. The molecule has 4 nitrogen and oxygen atoms in total. The van der Waals surface area contributed by atoms with Gasteiger partial charge in [0.2, 0.25) is 0 Å². The van der Waals surface area contributed by atoms with E-state index in [-0.39, 0.29) is 0 Å². The Kier molecular flexibility index (Phi) is 13.1. The third kappa shape index (κ3) is 8.87. The number of nitrogens with zero attached hydrogens (tertiary/aromatic N) is 4. The number of anilines is 12. The van der Waals surface area contributed by atoms with Crippen molar-refractivity contribution < 1.29 is 0 Å². The minimum absolute atomic E-state index is 0.901. The molecule has 0 unspecified atom stereocenters. The van der Waals surface area contributed by atoms with E-state index in [1.54, 1.807) is 0 Å². The van der Waals surface area contributed by atoms with Gasteiger partial charge in [-0.3, -0.25) is 0 Å². The monoisotopic (exact) mass is 1090 g/mol. The lowest BCUT2D eigenvalue weighted by atomic mass is 9.61. The van der Waals surface area contributed by atoms with Gasteiger partial charge in [0, 0.05) is 67.9 Å². The normalized spacial score (nSPS) is 12.5. The first-order valence-corrected chi connectivity index (χ1v) is 29.2. The van der Waals surface area contributed by atoms with Crippen LogP contribution < -0.4 is 19.6 Å². The molecule has 15 rings (SSSR count). The minimum atomic E-state index is -0.901. The number of hydrogen-bond donors (Lipinski definition) is 0. The van der Waals surface area contributed by atoms with Crippen molar-refractivity contribution in [2.45, 2.75) is 5.41 Å². The maximum Gasteiger partial charge on any atom is 0.0744 e. The van der Waals surface area contributed by atoms with Crippen molar-refractivity contribution in [3.8, 4) is 0 Å². The molecule has 0 bridgehead atoms. The fourth-order valence-corrected chi connectivity index (χ4v) is 13.2. The second-order valence-electron chi connectivity index (χ2n) is 21.6. The third-order valence-electron chi connectivity index (χ3n) is 16.8. The summed E-state index contributed by atoms with van der Waals surface area (Å²) < 4.78 is 0. The van der Waals surface area contributed by atoms with E-state index in [9.17, 15) is 0 Å². The van der Waals surface area contributed by atoms with Crippen LogP contribution in [0.2, 0.25) is 0 Å². The predicted molar refractivity (Wildman–Crippen MR) is 355 cm³/mol. The summed E-state index contributed by atoms with van der Waals surface area (Å²) in [5.74, 6) is 0. The molecule has 0 atom stereocenters. The second kappa shape index (κ2) is 21.9. The molecule has 13 aromatic rings. The molecule has 0 fully saturated rings. The molecule has 13 aromatic carbocycles. The van der Waals surface area contributed by atoms with Crippen LogP contribution >= 0.6 is 0 Å². The molecule has 2 heterocycles. The summed E-state index contributed by atoms with van der Waals surface area (Å²) in [6, 6.07) is 129. The molecule has 402 valence electrons. The van der Waals surface area contributed by atoms with Gasteiger partial charge in [0.25, 0.3) is 0 Å². The van der Waals surface area contributed by atoms with E-state index in [0.29, 0.717) is 0 Å². The van der Waals surface area contributed by atoms with Crippen molar-refractivity contribution in [1.29, 1.82) is 0 Å². The van der Waals surface area contributed by atoms with Gasteiger partial charge in [-0.05, 0) is 160 Å². The Balaban J connectivity index is 1.15. The SMILES string of the molecule is c1ccc(C(=C2c3cc(N(c4ccccc4)c4ccccc4)ccc3N3c4ccc(N(c5ccccc5)c5ccccc5)cc4C(c4ccccc4)(c4ccccc4)c4cc(N(c5ccccc5)c5ccccc5)cc2c43)c2ccccc2)cc1. The van der Waals surface area contributed by atoms with Crippen LogP contribution in [0.4, 0.5) is 68.2 Å². The molecule has 2 aliphatic rings. The molecule has 85 heavy (non-hydrogen) atoms. The lowest BCUT2D eigenvalue weighted by Gasteiger charge is -2.50. The maximum absolute atomic E-state index is 2.61. The first-order chi connectivity index (χ1) is 42.2. The first kappa shape index (κ1) is 50.7. The molecule has 4 heteroatoms. The Morgan fingerprint density at radius 1 is 0.247 bits per heavy atom. The van der Waals surface area contributed by atoms with Crippen LogP contribution in [0.3, 0.4) is 0 Å². The maximum atomic E-state index is 2.61. The van der Waals surface area contributed by atoms with E-state index in [4.69, 9.17) is 0 Å². The summed E-state index contributed by atoms with van der Waals surface area (Å²) in [5, 5.41) is 0. The summed E-state index contributed by atoms with van der Waals surface area (Å²) in [7, 11) is 0. The van der Waals surface area contributed by atoms with E-state index < -0.39 is 5.41 Å². The highest BCUT2D eigenvalue weighted by Gasteiger charge is 2.50. The van der Waals surface area contributed by atoms with E-state index >= 15 is 0 Å². The standard InChI is InChI=1S/C81H58N4/c1-11-31-59(32-12-1)78(60-33-13-2-14-34-60)79-72-55-69(82(63-39-19-5-20-40-63)64-41-21-6-22-42-64)51-53-76(72)85-77-54-52-70(83(65-43-23-7-24-44-65)66-45-25-8-26-46-66)57-74(77)81(61-35-15-3-16-36-61,62-37-17-4-18-38-62)75-58-71(56-73(79)80(75)85)84(67-47-27-9-28-48-67)68-49-29-10-30-50-68/h1-58H. The van der Waals surface area contributed by atoms with Crippen LogP contribution in [0, 0.1) is 0 Å². The van der Waals surface area contributed by atoms with Crippen LogP contribution in [-0.2, 0) is 5.41 Å². The Bertz CT molecular complexity index is 4290. The lowest BCUT2D eigenvalue weighted by Crippen LogP contribution is -2.39. The third-order valence-corrected chi connectivity index (χ3v) is 16.8. The van der Waals surface area contributed by atoms with Gasteiger partial charge in [-0.25, -0.2) is 0 Å². The molecule has 0 saturated carbocycles. The summed E-state index contributed by atoms with van der Waals surface area (Å²) in [4.78, 5) is 9.84. The molecule has 0 amide bonds. The van der Waals surface area contributed by atoms with Gasteiger partial charge in [-0.15, -0.1) is 0 Å². The number of para-hydroxylation sites is 6. The summed E-state index contributed by atoms with van der Waals surface area (Å²) in [6.45, 7) is 0. The molecular formula is C81H58N4. The van der Waals surface area contributed by atoms with E-state index in [1.165, 1.54) is 0 Å². The molecule has 0 saturated heterocycles. The number of rotatable bonds is 13. The summed E-state index contributed by atoms with van der Waals surface area (Å²) in [6.07, 6.45) is 0. The van der Waals surface area contributed by atoms with Gasteiger partial charge < -0.3 is 19.6 Å². The topological polar surface area (TPSA) is 13.0 Å². The molecular weight excluding hydrogens is 1030 g/mol. The van der Waals surface area contributed by atoms with Crippen molar-refractivity contribution in [3.63, 3.8) is 0 Å². The van der Waals surface area contributed by atoms with Crippen LogP contribution in [0.25, 0.3) is 11.1 Å². The van der Waals surface area contributed by atoms with Gasteiger partial charge in [-0.2, -0.15) is 0 Å². The van der Waals surface area contributed by atoms with E-state index in [1.807, 2.05) is 0 Å². The fraction of sp³-hybridized carbons (Fsp3) is 0.0123. The van der Waals surface area contributed by atoms with Crippen molar-refractivity contribution in [3.05, 3.63) is 396 Å². The van der Waals surface area contributed by atoms with E-state index in [0.717, 1.165) is 124 Å². The smallest absolute Gasteiger partial charge is 0.0744 e. The molecule has 0 aromatic heterocycles. The highest BCUT2D eigenvalue weighted by Crippen LogP contribution is 2.65. The van der Waals surface area contributed by atoms with Gasteiger partial charge in [0.15, 0.2) is 0 Å². The van der Waals surface area contributed by atoms with Gasteiger partial charge in [0.05, 0.1) is 22.5 Å². The van der Waals surface area contributed by atoms with Crippen LogP contribution in [0.5, 0.6) is 0 Å².